The molecule has 1 fully saturated rings. The van der Waals surface area contributed by atoms with E-state index in [2.05, 4.69) is 27.5 Å². The molecular weight excluding hydrogens is 336 g/mol. The maximum atomic E-state index is 12.2. The van der Waals surface area contributed by atoms with Crippen molar-refractivity contribution < 1.29 is 4.79 Å². The van der Waals surface area contributed by atoms with E-state index in [1.807, 2.05) is 48.5 Å². The lowest BCUT2D eigenvalue weighted by Gasteiger charge is -2.31. The monoisotopic (exact) mass is 358 g/mol. The molecule has 0 aliphatic carbocycles. The van der Waals surface area contributed by atoms with Gasteiger partial charge in [-0.15, -0.1) is 0 Å². The van der Waals surface area contributed by atoms with Gasteiger partial charge in [-0.1, -0.05) is 18.2 Å². The van der Waals surface area contributed by atoms with Crippen molar-refractivity contribution in [3.05, 3.63) is 65.9 Å². The summed E-state index contributed by atoms with van der Waals surface area (Å²) in [4.78, 5) is 17.8. The van der Waals surface area contributed by atoms with Crippen molar-refractivity contribution in [3.8, 4) is 6.07 Å². The molecule has 1 amide bonds. The highest BCUT2D eigenvalue weighted by molar-refractivity contribution is 5.92. The first kappa shape index (κ1) is 17.3. The van der Waals surface area contributed by atoms with Crippen molar-refractivity contribution >= 4 is 22.5 Å². The van der Waals surface area contributed by atoms with Crippen LogP contribution in [-0.2, 0) is 4.79 Å². The number of nitriles is 1. The van der Waals surface area contributed by atoms with Gasteiger partial charge in [-0.25, -0.2) is 0 Å². The third-order valence-electron chi connectivity index (χ3n) is 5.30. The molecule has 27 heavy (non-hydrogen) atoms. The number of aromatic amines is 1. The number of likely N-dealkylation sites (tertiary alicyclic amines) is 1. The highest BCUT2D eigenvalue weighted by Gasteiger charge is 2.24. The van der Waals surface area contributed by atoms with E-state index in [-0.39, 0.29) is 5.91 Å². The molecule has 0 spiro atoms. The average molecular weight is 358 g/mol. The zero-order chi connectivity index (χ0) is 18.6. The molecule has 0 unspecified atom stereocenters. The highest BCUT2D eigenvalue weighted by Crippen LogP contribution is 2.33. The van der Waals surface area contributed by atoms with Gasteiger partial charge in [-0.2, -0.15) is 5.26 Å². The fourth-order valence-corrected chi connectivity index (χ4v) is 3.88. The van der Waals surface area contributed by atoms with Crippen molar-refractivity contribution in [2.45, 2.75) is 18.8 Å². The Morgan fingerprint density at radius 2 is 1.96 bits per heavy atom. The number of H-pyrrole nitrogens is 1. The molecule has 3 aromatic rings. The number of benzene rings is 2. The summed E-state index contributed by atoms with van der Waals surface area (Å²) in [7, 11) is 0. The van der Waals surface area contributed by atoms with E-state index in [9.17, 15) is 4.79 Å². The van der Waals surface area contributed by atoms with Crippen LogP contribution in [-0.4, -0.2) is 35.4 Å². The summed E-state index contributed by atoms with van der Waals surface area (Å²) in [5, 5.41) is 13.3. The van der Waals surface area contributed by atoms with Crippen LogP contribution < -0.4 is 5.32 Å². The molecule has 5 heteroatoms. The Morgan fingerprint density at radius 1 is 1.19 bits per heavy atom. The quantitative estimate of drug-likeness (QED) is 0.744. The van der Waals surface area contributed by atoms with Crippen molar-refractivity contribution in [2.24, 2.45) is 0 Å². The molecule has 136 valence electrons. The SMILES string of the molecule is N#Cc1ccc2[nH]cc(C3CCN(CC(=O)Nc4ccccc4)CC3)c2c1. The summed E-state index contributed by atoms with van der Waals surface area (Å²) in [5.41, 5.74) is 3.90. The highest BCUT2D eigenvalue weighted by atomic mass is 16.2. The molecule has 0 radical (unpaired) electrons. The Kier molecular flexibility index (Phi) is 4.91. The van der Waals surface area contributed by atoms with Gasteiger partial charge in [0.05, 0.1) is 18.2 Å². The number of para-hydroxylation sites is 1. The van der Waals surface area contributed by atoms with Crippen molar-refractivity contribution in [1.82, 2.24) is 9.88 Å². The van der Waals surface area contributed by atoms with Gasteiger partial charge >= 0.3 is 0 Å². The smallest absolute Gasteiger partial charge is 0.238 e. The predicted octanol–water partition coefficient (Wildman–Crippen LogP) is 3.86. The molecule has 4 rings (SSSR count). The van der Waals surface area contributed by atoms with E-state index >= 15 is 0 Å². The number of fused-ring (bicyclic) bond motifs is 1. The fourth-order valence-electron chi connectivity index (χ4n) is 3.88. The number of nitrogens with one attached hydrogen (secondary N) is 2. The minimum Gasteiger partial charge on any atom is -0.361 e. The summed E-state index contributed by atoms with van der Waals surface area (Å²) in [5.74, 6) is 0.492. The number of hydrogen-bond donors (Lipinski definition) is 2. The molecule has 2 N–H and O–H groups in total. The Bertz CT molecular complexity index is 978. The number of anilines is 1. The summed E-state index contributed by atoms with van der Waals surface area (Å²) in [6.45, 7) is 2.23. The molecule has 1 aliphatic heterocycles. The van der Waals surface area contributed by atoms with Gasteiger partial charge in [0.15, 0.2) is 0 Å². The Labute approximate surface area is 158 Å². The summed E-state index contributed by atoms with van der Waals surface area (Å²) >= 11 is 0. The average Bonchev–Trinajstić information content (AvgIpc) is 3.12. The molecule has 2 aromatic carbocycles. The molecule has 2 heterocycles. The number of aromatic nitrogens is 1. The van der Waals surface area contributed by atoms with E-state index in [4.69, 9.17) is 5.26 Å². The van der Waals surface area contributed by atoms with Crippen LogP contribution in [0.25, 0.3) is 10.9 Å². The summed E-state index contributed by atoms with van der Waals surface area (Å²) in [6, 6.07) is 17.6. The molecule has 1 aliphatic rings. The second kappa shape index (κ2) is 7.65. The number of amides is 1. The number of rotatable bonds is 4. The first-order valence-corrected chi connectivity index (χ1v) is 9.31. The van der Waals surface area contributed by atoms with E-state index in [1.54, 1.807) is 0 Å². The normalized spacial score (nSPS) is 15.5. The van der Waals surface area contributed by atoms with Crippen LogP contribution in [0.1, 0.15) is 29.9 Å². The van der Waals surface area contributed by atoms with E-state index < -0.39 is 0 Å². The van der Waals surface area contributed by atoms with E-state index in [0.717, 1.165) is 42.5 Å². The molecular formula is C22H22N4O. The lowest BCUT2D eigenvalue weighted by atomic mass is 9.89. The zero-order valence-corrected chi connectivity index (χ0v) is 15.1. The second-order valence-electron chi connectivity index (χ2n) is 7.08. The number of piperidine rings is 1. The topological polar surface area (TPSA) is 71.9 Å². The van der Waals surface area contributed by atoms with Gasteiger partial charge in [0.25, 0.3) is 0 Å². The largest absolute Gasteiger partial charge is 0.361 e. The van der Waals surface area contributed by atoms with Gasteiger partial charge in [0, 0.05) is 22.8 Å². The summed E-state index contributed by atoms with van der Waals surface area (Å²) in [6.07, 6.45) is 4.11. The Hall–Kier alpha value is -3.10. The van der Waals surface area contributed by atoms with Crippen molar-refractivity contribution in [1.29, 1.82) is 5.26 Å². The first-order valence-electron chi connectivity index (χ1n) is 9.31. The van der Waals surface area contributed by atoms with Crippen LogP contribution in [0.2, 0.25) is 0 Å². The lowest BCUT2D eigenvalue weighted by molar-refractivity contribution is -0.117. The van der Waals surface area contributed by atoms with E-state index in [1.165, 1.54) is 5.56 Å². The number of hydrogen-bond acceptors (Lipinski definition) is 3. The molecule has 0 saturated carbocycles. The van der Waals surface area contributed by atoms with Gasteiger partial charge in [-0.05, 0) is 67.7 Å². The van der Waals surface area contributed by atoms with Crippen molar-refractivity contribution in [2.75, 3.05) is 25.0 Å². The second-order valence-corrected chi connectivity index (χ2v) is 7.08. The van der Waals surface area contributed by atoms with Gasteiger partial charge in [-0.3, -0.25) is 9.69 Å². The van der Waals surface area contributed by atoms with Gasteiger partial charge < -0.3 is 10.3 Å². The predicted molar refractivity (Wildman–Crippen MR) is 107 cm³/mol. The standard InChI is InChI=1S/C22H22N4O/c23-13-16-6-7-21-19(12-16)20(14-24-21)17-8-10-26(11-9-17)15-22(27)25-18-4-2-1-3-5-18/h1-7,12,14,17,24H,8-11,15H2,(H,25,27). The fraction of sp³-hybridized carbons (Fsp3) is 0.273. The first-order chi connectivity index (χ1) is 13.2. The van der Waals surface area contributed by atoms with Gasteiger partial charge in [0.1, 0.15) is 0 Å². The lowest BCUT2D eigenvalue weighted by Crippen LogP contribution is -2.38. The minimum absolute atomic E-state index is 0.0328. The maximum absolute atomic E-state index is 12.2. The van der Waals surface area contributed by atoms with Crippen LogP contribution in [0.3, 0.4) is 0 Å². The third kappa shape index (κ3) is 3.86. The van der Waals surface area contributed by atoms with Crippen LogP contribution in [0.4, 0.5) is 5.69 Å². The number of carbonyl (C=O) groups excluding carboxylic acids is 1. The van der Waals surface area contributed by atoms with Crippen LogP contribution in [0.5, 0.6) is 0 Å². The molecule has 0 atom stereocenters. The van der Waals surface area contributed by atoms with E-state index in [0.29, 0.717) is 18.0 Å². The van der Waals surface area contributed by atoms with Crippen molar-refractivity contribution in [3.63, 3.8) is 0 Å². The van der Waals surface area contributed by atoms with Crippen LogP contribution in [0, 0.1) is 11.3 Å². The Morgan fingerprint density at radius 3 is 2.70 bits per heavy atom. The number of nitrogens with zero attached hydrogens (tertiary/aromatic N) is 2. The zero-order valence-electron chi connectivity index (χ0n) is 15.1. The third-order valence-corrected chi connectivity index (χ3v) is 5.30. The molecule has 1 saturated heterocycles. The van der Waals surface area contributed by atoms with Crippen LogP contribution in [0.15, 0.2) is 54.7 Å². The van der Waals surface area contributed by atoms with Crippen LogP contribution >= 0.6 is 0 Å². The summed E-state index contributed by atoms with van der Waals surface area (Å²) < 4.78 is 0. The molecule has 5 nitrogen and oxygen atoms in total. The van der Waals surface area contributed by atoms with Gasteiger partial charge in [0.2, 0.25) is 5.91 Å². The minimum atomic E-state index is 0.0328. The number of carbonyl (C=O) groups is 1. The Balaban J connectivity index is 1.36. The molecule has 0 bridgehead atoms. The molecule has 1 aromatic heterocycles. The maximum Gasteiger partial charge on any atom is 0.238 e.